The molecule has 8 nitrogen and oxygen atoms in total. The monoisotopic (exact) mass is 533 g/mol. The first-order valence-electron chi connectivity index (χ1n) is 12.0. The standard InChI is InChI=1S/C25H29N3O3.C2HF3O2/c1-17-15-24(28-21-8-4-3-7-20(17)21)26-18-11-13-19(14-12-18)27-25(29)16-31-23-10-6-5-9-22(23)30-2;3-2(4,5)1(6)7/h3-10,15,18-19H,11-14,16H2,1-2H3,(H,26,28)(H,27,29);(H,6,7). The van der Waals surface area contributed by atoms with Crippen molar-refractivity contribution in [3.8, 4) is 11.5 Å². The number of ether oxygens (including phenoxy) is 2. The maximum atomic E-state index is 12.3. The van der Waals surface area contributed by atoms with Gasteiger partial charge in [0.05, 0.1) is 12.6 Å². The molecule has 0 atom stereocenters. The number of amides is 1. The van der Waals surface area contributed by atoms with Gasteiger partial charge < -0.3 is 25.2 Å². The molecule has 38 heavy (non-hydrogen) atoms. The summed E-state index contributed by atoms with van der Waals surface area (Å²) in [6.45, 7) is 2.10. The minimum Gasteiger partial charge on any atom is -0.493 e. The van der Waals surface area contributed by atoms with E-state index in [9.17, 15) is 18.0 Å². The fourth-order valence-corrected chi connectivity index (χ4v) is 4.17. The van der Waals surface area contributed by atoms with Gasteiger partial charge in [-0.25, -0.2) is 9.78 Å². The summed E-state index contributed by atoms with van der Waals surface area (Å²) in [5.41, 5.74) is 2.24. The molecule has 1 aromatic heterocycles. The fourth-order valence-electron chi connectivity index (χ4n) is 4.17. The molecule has 0 radical (unpaired) electrons. The van der Waals surface area contributed by atoms with E-state index in [0.29, 0.717) is 17.5 Å². The van der Waals surface area contributed by atoms with Crippen molar-refractivity contribution in [3.05, 3.63) is 60.2 Å². The predicted octanol–water partition coefficient (Wildman–Crippen LogP) is 5.10. The first kappa shape index (κ1) is 28.5. The van der Waals surface area contributed by atoms with Crippen molar-refractivity contribution in [1.29, 1.82) is 0 Å². The zero-order valence-corrected chi connectivity index (χ0v) is 21.0. The van der Waals surface area contributed by atoms with Crippen LogP contribution in [-0.2, 0) is 9.59 Å². The number of para-hydroxylation sites is 3. The molecule has 0 saturated heterocycles. The molecule has 0 spiro atoms. The largest absolute Gasteiger partial charge is 0.493 e. The van der Waals surface area contributed by atoms with E-state index in [1.807, 2.05) is 36.4 Å². The Hall–Kier alpha value is -4.02. The van der Waals surface area contributed by atoms with Crippen molar-refractivity contribution in [1.82, 2.24) is 10.3 Å². The maximum Gasteiger partial charge on any atom is 0.490 e. The third-order valence-corrected chi connectivity index (χ3v) is 6.04. The molecule has 2 aromatic carbocycles. The summed E-state index contributed by atoms with van der Waals surface area (Å²) in [6.07, 6.45) is -1.23. The number of aliphatic carboxylic acids is 1. The van der Waals surface area contributed by atoms with Gasteiger partial charge in [0.2, 0.25) is 0 Å². The minimum absolute atomic E-state index is 0.0150. The number of carboxylic acids is 1. The number of halogens is 3. The number of pyridine rings is 1. The SMILES string of the molecule is COc1ccccc1OCC(=O)NC1CCC(Nc2cc(C)c3ccccc3n2)CC1.O=C(O)C(F)(F)F. The van der Waals surface area contributed by atoms with Gasteiger partial charge in [-0.05, 0) is 62.4 Å². The van der Waals surface area contributed by atoms with Crippen LogP contribution in [0.4, 0.5) is 19.0 Å². The number of fused-ring (bicyclic) bond motifs is 1. The molecular weight excluding hydrogens is 503 g/mol. The number of hydrogen-bond donors (Lipinski definition) is 3. The van der Waals surface area contributed by atoms with Gasteiger partial charge in [0, 0.05) is 17.5 Å². The second-order valence-electron chi connectivity index (χ2n) is 8.84. The van der Waals surface area contributed by atoms with Gasteiger partial charge in [0.15, 0.2) is 18.1 Å². The van der Waals surface area contributed by atoms with Gasteiger partial charge in [-0.3, -0.25) is 4.79 Å². The van der Waals surface area contributed by atoms with E-state index in [1.54, 1.807) is 13.2 Å². The zero-order chi connectivity index (χ0) is 27.7. The van der Waals surface area contributed by atoms with Crippen LogP contribution in [0.1, 0.15) is 31.2 Å². The number of methoxy groups -OCH3 is 1. The van der Waals surface area contributed by atoms with E-state index in [0.717, 1.165) is 37.0 Å². The van der Waals surface area contributed by atoms with E-state index in [2.05, 4.69) is 29.7 Å². The highest BCUT2D eigenvalue weighted by molar-refractivity contribution is 5.83. The summed E-state index contributed by atoms with van der Waals surface area (Å²) in [4.78, 5) is 26.0. The van der Waals surface area contributed by atoms with E-state index in [1.165, 1.54) is 10.9 Å². The van der Waals surface area contributed by atoms with Crippen LogP contribution in [0.15, 0.2) is 54.6 Å². The van der Waals surface area contributed by atoms with Crippen molar-refractivity contribution in [2.75, 3.05) is 19.0 Å². The number of nitrogens with one attached hydrogen (secondary N) is 2. The van der Waals surface area contributed by atoms with Crippen LogP contribution in [0.2, 0.25) is 0 Å². The van der Waals surface area contributed by atoms with E-state index >= 15 is 0 Å². The fraction of sp³-hybridized carbons (Fsp3) is 0.370. The van der Waals surface area contributed by atoms with Crippen LogP contribution in [-0.4, -0.2) is 53.9 Å². The molecular formula is C27H30F3N3O5. The highest BCUT2D eigenvalue weighted by atomic mass is 19.4. The van der Waals surface area contributed by atoms with Crippen molar-refractivity contribution in [2.45, 2.75) is 50.9 Å². The Balaban J connectivity index is 0.000000505. The average molecular weight is 534 g/mol. The van der Waals surface area contributed by atoms with Crippen molar-refractivity contribution >= 4 is 28.6 Å². The van der Waals surface area contributed by atoms with Gasteiger partial charge in [-0.1, -0.05) is 30.3 Å². The Morgan fingerprint density at radius 3 is 2.21 bits per heavy atom. The zero-order valence-electron chi connectivity index (χ0n) is 21.0. The molecule has 0 unspecified atom stereocenters. The van der Waals surface area contributed by atoms with E-state index in [-0.39, 0.29) is 18.6 Å². The summed E-state index contributed by atoms with van der Waals surface area (Å²) in [5.74, 6) is -0.735. The van der Waals surface area contributed by atoms with Crippen LogP contribution in [0.3, 0.4) is 0 Å². The molecule has 0 bridgehead atoms. The number of hydrogen-bond acceptors (Lipinski definition) is 6. The van der Waals surface area contributed by atoms with Gasteiger partial charge in [-0.15, -0.1) is 0 Å². The van der Waals surface area contributed by atoms with Crippen LogP contribution < -0.4 is 20.1 Å². The Labute approximate surface area is 218 Å². The smallest absolute Gasteiger partial charge is 0.490 e. The van der Waals surface area contributed by atoms with Gasteiger partial charge >= 0.3 is 12.1 Å². The van der Waals surface area contributed by atoms with Gasteiger partial charge in [0.1, 0.15) is 5.82 Å². The number of nitrogens with zero attached hydrogens (tertiary/aromatic N) is 1. The minimum atomic E-state index is -5.08. The summed E-state index contributed by atoms with van der Waals surface area (Å²) in [7, 11) is 1.59. The lowest BCUT2D eigenvalue weighted by molar-refractivity contribution is -0.192. The Morgan fingerprint density at radius 2 is 1.58 bits per heavy atom. The molecule has 3 N–H and O–H groups in total. The first-order valence-corrected chi connectivity index (χ1v) is 12.0. The van der Waals surface area contributed by atoms with Gasteiger partial charge in [-0.2, -0.15) is 13.2 Å². The molecule has 3 aromatic rings. The average Bonchev–Trinajstić information content (AvgIpc) is 2.88. The van der Waals surface area contributed by atoms with Crippen LogP contribution >= 0.6 is 0 Å². The highest BCUT2D eigenvalue weighted by Gasteiger charge is 2.38. The van der Waals surface area contributed by atoms with E-state index < -0.39 is 12.1 Å². The lowest BCUT2D eigenvalue weighted by atomic mass is 9.91. The van der Waals surface area contributed by atoms with Crippen LogP contribution in [0, 0.1) is 6.92 Å². The number of aryl methyl sites for hydroxylation is 1. The molecule has 1 heterocycles. The lowest BCUT2D eigenvalue weighted by Crippen LogP contribution is -2.42. The second kappa shape index (κ2) is 13.0. The number of aromatic nitrogens is 1. The second-order valence-corrected chi connectivity index (χ2v) is 8.84. The number of alkyl halides is 3. The molecule has 1 amide bonds. The normalized spacial score (nSPS) is 17.1. The molecule has 1 aliphatic rings. The molecule has 1 saturated carbocycles. The Bertz CT molecular complexity index is 1240. The molecule has 1 fully saturated rings. The van der Waals surface area contributed by atoms with Crippen molar-refractivity contribution < 1.29 is 37.3 Å². The number of anilines is 1. The van der Waals surface area contributed by atoms with E-state index in [4.69, 9.17) is 24.4 Å². The molecule has 204 valence electrons. The molecule has 11 heteroatoms. The van der Waals surface area contributed by atoms with Crippen molar-refractivity contribution in [2.24, 2.45) is 0 Å². The number of carboxylic acid groups (broad SMARTS) is 1. The van der Waals surface area contributed by atoms with Crippen LogP contribution in [0.25, 0.3) is 10.9 Å². The third-order valence-electron chi connectivity index (χ3n) is 6.04. The summed E-state index contributed by atoms with van der Waals surface area (Å²) < 4.78 is 42.6. The summed E-state index contributed by atoms with van der Waals surface area (Å²) >= 11 is 0. The number of carbonyl (C=O) groups excluding carboxylic acids is 1. The summed E-state index contributed by atoms with van der Waals surface area (Å²) in [5, 5.41) is 15.0. The lowest BCUT2D eigenvalue weighted by Gasteiger charge is -2.30. The van der Waals surface area contributed by atoms with Gasteiger partial charge in [0.25, 0.3) is 5.91 Å². The van der Waals surface area contributed by atoms with Crippen LogP contribution in [0.5, 0.6) is 11.5 Å². The number of carbonyl (C=O) groups is 2. The third kappa shape index (κ3) is 8.25. The summed E-state index contributed by atoms with van der Waals surface area (Å²) in [6, 6.07) is 18.2. The predicted molar refractivity (Wildman–Crippen MR) is 136 cm³/mol. The number of rotatable bonds is 7. The quantitative estimate of drug-likeness (QED) is 0.388. The molecule has 1 aliphatic carbocycles. The Kier molecular flexibility index (Phi) is 9.75. The first-order chi connectivity index (χ1) is 18.1. The van der Waals surface area contributed by atoms with Crippen molar-refractivity contribution in [3.63, 3.8) is 0 Å². The maximum absolute atomic E-state index is 12.3. The number of benzene rings is 2. The highest BCUT2D eigenvalue weighted by Crippen LogP contribution is 2.26. The Morgan fingerprint density at radius 1 is 1.00 bits per heavy atom. The molecule has 4 rings (SSSR count). The molecule has 0 aliphatic heterocycles. The topological polar surface area (TPSA) is 110 Å².